The third kappa shape index (κ3) is 20.7. The number of carbonyl (C=O) groups is 4. The first-order valence-electron chi connectivity index (χ1n) is 14.6. The van der Waals surface area contributed by atoms with E-state index in [1.807, 2.05) is 13.8 Å². The molecular weight excluding hydrogens is 486 g/mol. The maximum absolute atomic E-state index is 13.0. The summed E-state index contributed by atoms with van der Waals surface area (Å²) < 4.78 is 0. The Bertz CT molecular complexity index is 641. The lowest BCUT2D eigenvalue weighted by Gasteiger charge is -2.34. The second kappa shape index (κ2) is 24.9. The van der Waals surface area contributed by atoms with Gasteiger partial charge in [0.2, 0.25) is 11.8 Å². The molecule has 0 heterocycles. The number of rotatable bonds is 22. The summed E-state index contributed by atoms with van der Waals surface area (Å²) >= 11 is 0. The monoisotopic (exact) mass is 543 g/mol. The Labute approximate surface area is 230 Å². The van der Waals surface area contributed by atoms with Gasteiger partial charge < -0.3 is 32.5 Å². The molecule has 0 spiro atoms. The van der Waals surface area contributed by atoms with Crippen molar-refractivity contribution in [1.29, 1.82) is 0 Å². The third-order valence-electron chi connectivity index (χ3n) is 6.43. The van der Waals surface area contributed by atoms with Crippen LogP contribution in [-0.2, 0) is 14.4 Å². The molecule has 0 fully saturated rings. The average molecular weight is 544 g/mol. The highest BCUT2D eigenvalue weighted by Crippen LogP contribution is 2.17. The predicted octanol–water partition coefficient (Wildman–Crippen LogP) is 4.28. The molecule has 0 saturated heterocycles. The van der Waals surface area contributed by atoms with Crippen LogP contribution in [0.5, 0.6) is 0 Å². The van der Waals surface area contributed by atoms with Gasteiger partial charge in [-0.05, 0) is 31.7 Å². The minimum Gasteiger partial charge on any atom is -0.480 e. The smallest absolute Gasteiger partial charge is 0.326 e. The van der Waals surface area contributed by atoms with Gasteiger partial charge in [0.05, 0.1) is 0 Å². The van der Waals surface area contributed by atoms with Gasteiger partial charge in [-0.3, -0.25) is 9.59 Å². The van der Waals surface area contributed by atoms with Gasteiger partial charge in [0, 0.05) is 13.0 Å². The summed E-state index contributed by atoms with van der Waals surface area (Å²) in [6.07, 6.45) is 16.0. The minimum absolute atomic E-state index is 0.0780. The molecule has 38 heavy (non-hydrogen) atoms. The van der Waals surface area contributed by atoms with Crippen molar-refractivity contribution in [1.82, 2.24) is 10.2 Å². The average Bonchev–Trinajstić information content (AvgIpc) is 2.84. The van der Waals surface area contributed by atoms with Crippen LogP contribution in [0.15, 0.2) is 0 Å². The third-order valence-corrected chi connectivity index (χ3v) is 6.43. The van der Waals surface area contributed by atoms with Crippen molar-refractivity contribution in [3.8, 4) is 0 Å². The molecule has 10 nitrogen and oxygen atoms in total. The molecule has 224 valence electrons. The van der Waals surface area contributed by atoms with E-state index in [-0.39, 0.29) is 17.7 Å². The number of primary amides is 2. The summed E-state index contributed by atoms with van der Waals surface area (Å²) in [4.78, 5) is 48.0. The molecule has 1 unspecified atom stereocenters. The molecule has 0 aromatic heterocycles. The molecule has 4 amide bonds. The highest BCUT2D eigenvalue weighted by atomic mass is 16.4. The first kappa shape index (κ1) is 37.8. The van der Waals surface area contributed by atoms with Crippen LogP contribution < -0.4 is 22.5 Å². The van der Waals surface area contributed by atoms with Gasteiger partial charge in [0.1, 0.15) is 12.1 Å². The Morgan fingerprint density at radius 3 is 1.61 bits per heavy atom. The van der Waals surface area contributed by atoms with Crippen molar-refractivity contribution in [2.75, 3.05) is 13.1 Å². The molecule has 0 rings (SSSR count). The molecular formula is C28H57N5O5. The molecule has 0 aliphatic heterocycles. The standard InChI is InChI=1S/C27H53N3O4.CH4N2O/c1-5-7-8-9-10-11-12-13-14-15-16-17-21-30(24(31)19-18-20-28)25(22(3)4)26(32)29-23(6-2)27(33)34;2-1(3)4/h22-23,25H,5-21,28H2,1-4H3,(H,29,32)(H,33,34);(H4,2,3,4)/t23?,25-;/m0./s1. The molecule has 0 saturated carbocycles. The number of amides is 4. The van der Waals surface area contributed by atoms with Crippen LogP contribution >= 0.6 is 0 Å². The zero-order valence-corrected chi connectivity index (χ0v) is 24.5. The number of nitrogens with zero attached hydrogens (tertiary/aromatic N) is 1. The zero-order chi connectivity index (χ0) is 29.3. The predicted molar refractivity (Wildman–Crippen MR) is 153 cm³/mol. The molecule has 0 aliphatic rings. The summed E-state index contributed by atoms with van der Waals surface area (Å²) in [5.41, 5.74) is 14.1. The van der Waals surface area contributed by atoms with Crippen molar-refractivity contribution in [2.45, 2.75) is 136 Å². The molecule has 2 atom stereocenters. The van der Waals surface area contributed by atoms with Crippen molar-refractivity contribution >= 4 is 23.8 Å². The fourth-order valence-electron chi connectivity index (χ4n) is 4.34. The van der Waals surface area contributed by atoms with Gasteiger partial charge in [0.25, 0.3) is 0 Å². The van der Waals surface area contributed by atoms with Crippen LogP contribution in [0, 0.1) is 5.92 Å². The van der Waals surface area contributed by atoms with Gasteiger partial charge in [0.15, 0.2) is 0 Å². The first-order valence-corrected chi connectivity index (χ1v) is 14.6. The maximum atomic E-state index is 13.0. The lowest BCUT2D eigenvalue weighted by Crippen LogP contribution is -2.55. The van der Waals surface area contributed by atoms with Gasteiger partial charge in [-0.15, -0.1) is 0 Å². The highest BCUT2D eigenvalue weighted by Gasteiger charge is 2.33. The van der Waals surface area contributed by atoms with Crippen LogP contribution in [0.4, 0.5) is 4.79 Å². The van der Waals surface area contributed by atoms with E-state index in [9.17, 15) is 19.5 Å². The first-order chi connectivity index (χ1) is 18.0. The number of aliphatic carboxylic acids is 1. The number of carboxylic acids is 1. The van der Waals surface area contributed by atoms with E-state index < -0.39 is 24.1 Å². The second-order valence-electron chi connectivity index (χ2n) is 10.3. The number of carbonyl (C=O) groups excluding carboxylic acids is 3. The zero-order valence-electron chi connectivity index (χ0n) is 24.5. The topological polar surface area (TPSA) is 182 Å². The number of hydrogen-bond donors (Lipinski definition) is 5. The minimum atomic E-state index is -1.06. The molecule has 0 aromatic carbocycles. The van der Waals surface area contributed by atoms with E-state index in [0.717, 1.165) is 19.3 Å². The van der Waals surface area contributed by atoms with Crippen LogP contribution in [-0.4, -0.2) is 59.0 Å². The lowest BCUT2D eigenvalue weighted by atomic mass is 9.99. The Hall–Kier alpha value is -2.36. The number of unbranched alkanes of at least 4 members (excludes halogenated alkanes) is 11. The Balaban J connectivity index is 0. The molecule has 0 bridgehead atoms. The number of nitrogens with one attached hydrogen (secondary N) is 1. The number of urea groups is 1. The number of hydrogen-bond acceptors (Lipinski definition) is 5. The van der Waals surface area contributed by atoms with Gasteiger partial charge in [-0.25, -0.2) is 9.59 Å². The number of carboxylic acid groups (broad SMARTS) is 1. The van der Waals surface area contributed by atoms with Gasteiger partial charge in [-0.1, -0.05) is 98.3 Å². The Morgan fingerprint density at radius 1 is 0.789 bits per heavy atom. The Morgan fingerprint density at radius 2 is 1.24 bits per heavy atom. The second-order valence-corrected chi connectivity index (χ2v) is 10.3. The SMILES string of the molecule is CCCCCCCCCCCCCCN(C(=O)CCCN)[C@H](C(=O)NC(CC)C(=O)O)C(C)C.NC(N)=O. The lowest BCUT2D eigenvalue weighted by molar-refractivity contribution is -0.146. The maximum Gasteiger partial charge on any atom is 0.326 e. The van der Waals surface area contributed by atoms with E-state index in [0.29, 0.717) is 32.4 Å². The van der Waals surface area contributed by atoms with Crippen LogP contribution in [0.1, 0.15) is 124 Å². The normalized spacial score (nSPS) is 12.3. The van der Waals surface area contributed by atoms with Crippen molar-refractivity contribution in [3.05, 3.63) is 0 Å². The molecule has 10 heteroatoms. The summed E-state index contributed by atoms with van der Waals surface area (Å²) in [7, 11) is 0. The van der Waals surface area contributed by atoms with Crippen molar-refractivity contribution in [2.24, 2.45) is 23.1 Å². The quantitative estimate of drug-likeness (QED) is 0.127. The van der Waals surface area contributed by atoms with E-state index in [4.69, 9.17) is 10.5 Å². The highest BCUT2D eigenvalue weighted by molar-refractivity contribution is 5.90. The van der Waals surface area contributed by atoms with Crippen LogP contribution in [0.3, 0.4) is 0 Å². The van der Waals surface area contributed by atoms with Crippen molar-refractivity contribution < 1.29 is 24.3 Å². The van der Waals surface area contributed by atoms with Gasteiger partial charge >= 0.3 is 12.0 Å². The Kier molecular flexibility index (Phi) is 24.8. The number of nitrogens with two attached hydrogens (primary N) is 3. The fourth-order valence-corrected chi connectivity index (χ4v) is 4.34. The molecule has 0 radical (unpaired) electrons. The fraction of sp³-hybridized carbons (Fsp3) is 0.857. The summed E-state index contributed by atoms with van der Waals surface area (Å²) in [6, 6.07) is -2.45. The van der Waals surface area contributed by atoms with E-state index in [2.05, 4.69) is 23.7 Å². The largest absolute Gasteiger partial charge is 0.480 e. The summed E-state index contributed by atoms with van der Waals surface area (Å²) in [5, 5.41) is 12.0. The van der Waals surface area contributed by atoms with Crippen LogP contribution in [0.2, 0.25) is 0 Å². The molecule has 0 aliphatic carbocycles. The summed E-state index contributed by atoms with van der Waals surface area (Å²) in [6.45, 7) is 8.71. The summed E-state index contributed by atoms with van der Waals surface area (Å²) in [5.74, 6) is -1.64. The van der Waals surface area contributed by atoms with E-state index >= 15 is 0 Å². The van der Waals surface area contributed by atoms with Gasteiger partial charge in [-0.2, -0.15) is 0 Å². The van der Waals surface area contributed by atoms with E-state index in [1.165, 1.54) is 57.8 Å². The van der Waals surface area contributed by atoms with E-state index in [1.54, 1.807) is 11.8 Å². The molecule has 0 aromatic rings. The van der Waals surface area contributed by atoms with Crippen LogP contribution in [0.25, 0.3) is 0 Å². The molecule has 8 N–H and O–H groups in total. The van der Waals surface area contributed by atoms with Crippen molar-refractivity contribution in [3.63, 3.8) is 0 Å².